The first-order chi connectivity index (χ1) is 13.8. The molecule has 29 heavy (non-hydrogen) atoms. The third-order valence-corrected chi connectivity index (χ3v) is 4.65. The number of nitrogens with zero attached hydrogens (tertiary/aromatic N) is 1. The second-order valence-electron chi connectivity index (χ2n) is 6.41. The number of para-hydroxylation sites is 2. The fraction of sp³-hybridized carbons (Fsp3) is 0.250. The van der Waals surface area contributed by atoms with E-state index in [1.165, 1.54) is 30.1 Å². The smallest absolute Gasteiger partial charge is 0.310 e. The van der Waals surface area contributed by atoms with E-state index >= 15 is 0 Å². The van der Waals surface area contributed by atoms with Crippen molar-refractivity contribution in [2.75, 3.05) is 19.0 Å². The van der Waals surface area contributed by atoms with Crippen LogP contribution in [0, 0.1) is 5.82 Å². The molecular formula is C20H18ClFN2O5. The first-order valence-corrected chi connectivity index (χ1v) is 9.12. The molecular weight excluding hydrogens is 403 g/mol. The number of rotatable bonds is 6. The molecule has 1 N–H and O–H groups in total. The molecule has 2 aromatic rings. The van der Waals surface area contributed by atoms with Crippen LogP contribution in [0.2, 0.25) is 5.02 Å². The first kappa shape index (κ1) is 20.6. The van der Waals surface area contributed by atoms with Gasteiger partial charge in [-0.15, -0.1) is 0 Å². The molecule has 2 aromatic carbocycles. The van der Waals surface area contributed by atoms with Crippen LogP contribution in [-0.2, 0) is 25.7 Å². The number of anilines is 1. The van der Waals surface area contributed by atoms with E-state index in [-0.39, 0.29) is 23.6 Å². The number of carbonyl (C=O) groups excluding carboxylic acids is 3. The number of hydrogen-bond acceptors (Lipinski definition) is 5. The topological polar surface area (TPSA) is 84.9 Å². The fourth-order valence-electron chi connectivity index (χ4n) is 2.70. The van der Waals surface area contributed by atoms with Gasteiger partial charge in [0, 0.05) is 24.2 Å². The molecule has 1 unspecified atom stereocenters. The largest absolute Gasteiger partial charge is 0.478 e. The van der Waals surface area contributed by atoms with E-state index in [1.807, 2.05) is 0 Å². The van der Waals surface area contributed by atoms with Gasteiger partial charge in [0.2, 0.25) is 0 Å². The third-order valence-electron chi connectivity index (χ3n) is 4.30. The molecule has 0 aliphatic carbocycles. The summed E-state index contributed by atoms with van der Waals surface area (Å²) in [7, 11) is 1.44. The minimum absolute atomic E-state index is 0.0766. The maximum atomic E-state index is 13.8. The summed E-state index contributed by atoms with van der Waals surface area (Å²) in [6.07, 6.45) is -1.40. The van der Waals surface area contributed by atoms with Gasteiger partial charge in [-0.05, 0) is 24.3 Å². The Morgan fingerprint density at radius 3 is 2.76 bits per heavy atom. The maximum Gasteiger partial charge on any atom is 0.310 e. The first-order valence-electron chi connectivity index (χ1n) is 8.74. The van der Waals surface area contributed by atoms with E-state index in [0.717, 1.165) is 0 Å². The van der Waals surface area contributed by atoms with E-state index in [9.17, 15) is 18.8 Å². The van der Waals surface area contributed by atoms with Crippen molar-refractivity contribution < 1.29 is 28.2 Å². The molecule has 1 aliphatic rings. The van der Waals surface area contributed by atoms with Crippen molar-refractivity contribution in [2.45, 2.75) is 19.1 Å². The molecule has 0 saturated heterocycles. The van der Waals surface area contributed by atoms with Crippen LogP contribution in [0.3, 0.4) is 0 Å². The highest BCUT2D eigenvalue weighted by Gasteiger charge is 2.30. The van der Waals surface area contributed by atoms with Gasteiger partial charge in [0.05, 0.1) is 12.1 Å². The maximum absolute atomic E-state index is 13.8. The zero-order chi connectivity index (χ0) is 21.0. The SMILES string of the molecule is CN(Cc1c(F)cccc1Cl)C(=O)COC(=O)CC1Oc2ccccc2NC1=O. The molecule has 2 amide bonds. The highest BCUT2D eigenvalue weighted by atomic mass is 35.5. The number of likely N-dealkylation sites (N-methyl/N-ethyl adjacent to an activating group) is 1. The lowest BCUT2D eigenvalue weighted by Gasteiger charge is -2.25. The van der Waals surface area contributed by atoms with Crippen LogP contribution in [0.15, 0.2) is 42.5 Å². The van der Waals surface area contributed by atoms with E-state index in [0.29, 0.717) is 11.4 Å². The van der Waals surface area contributed by atoms with Crippen LogP contribution < -0.4 is 10.1 Å². The highest BCUT2D eigenvalue weighted by molar-refractivity contribution is 6.31. The Labute approximate surface area is 171 Å². The molecule has 1 heterocycles. The van der Waals surface area contributed by atoms with Crippen molar-refractivity contribution in [3.05, 3.63) is 58.9 Å². The van der Waals surface area contributed by atoms with Gasteiger partial charge in [0.25, 0.3) is 11.8 Å². The molecule has 0 fully saturated rings. The second kappa shape index (κ2) is 8.91. The van der Waals surface area contributed by atoms with Crippen LogP contribution in [-0.4, -0.2) is 42.4 Å². The number of fused-ring (bicyclic) bond motifs is 1. The summed E-state index contributed by atoms with van der Waals surface area (Å²) >= 11 is 5.95. The molecule has 1 aliphatic heterocycles. The average Bonchev–Trinajstić information content (AvgIpc) is 2.69. The number of hydrogen-bond donors (Lipinski definition) is 1. The van der Waals surface area contributed by atoms with Crippen LogP contribution in [0.1, 0.15) is 12.0 Å². The zero-order valence-electron chi connectivity index (χ0n) is 15.5. The lowest BCUT2D eigenvalue weighted by molar-refractivity contribution is -0.154. The van der Waals surface area contributed by atoms with Crippen LogP contribution in [0.4, 0.5) is 10.1 Å². The van der Waals surface area contributed by atoms with Crippen LogP contribution in [0.5, 0.6) is 5.75 Å². The molecule has 0 aromatic heterocycles. The number of nitrogens with one attached hydrogen (secondary N) is 1. The summed E-state index contributed by atoms with van der Waals surface area (Å²) in [5, 5.41) is 2.84. The van der Waals surface area contributed by atoms with Crippen molar-refractivity contribution >= 4 is 35.1 Å². The van der Waals surface area contributed by atoms with E-state index in [2.05, 4.69) is 5.32 Å². The number of benzene rings is 2. The predicted octanol–water partition coefficient (Wildman–Crippen LogP) is 2.77. The number of halogens is 2. The van der Waals surface area contributed by atoms with Gasteiger partial charge in [-0.2, -0.15) is 0 Å². The average molecular weight is 421 g/mol. The van der Waals surface area contributed by atoms with E-state index in [1.54, 1.807) is 24.3 Å². The molecule has 152 valence electrons. The van der Waals surface area contributed by atoms with Gasteiger partial charge in [-0.1, -0.05) is 29.8 Å². The van der Waals surface area contributed by atoms with Gasteiger partial charge in [0.15, 0.2) is 12.7 Å². The lowest BCUT2D eigenvalue weighted by atomic mass is 10.1. The summed E-state index contributed by atoms with van der Waals surface area (Å²) in [5.41, 5.74) is 0.688. The van der Waals surface area contributed by atoms with Crippen LogP contribution in [0.25, 0.3) is 0 Å². The summed E-state index contributed by atoms with van der Waals surface area (Å²) in [6, 6.07) is 11.1. The monoisotopic (exact) mass is 420 g/mol. The highest BCUT2D eigenvalue weighted by Crippen LogP contribution is 2.29. The van der Waals surface area contributed by atoms with Crippen molar-refractivity contribution in [3.8, 4) is 5.75 Å². The van der Waals surface area contributed by atoms with Crippen molar-refractivity contribution in [2.24, 2.45) is 0 Å². The Hall–Kier alpha value is -3.13. The van der Waals surface area contributed by atoms with Gasteiger partial charge in [-0.3, -0.25) is 14.4 Å². The molecule has 9 heteroatoms. The number of carbonyl (C=O) groups is 3. The Kier molecular flexibility index (Phi) is 6.33. The minimum atomic E-state index is -1.05. The fourth-order valence-corrected chi connectivity index (χ4v) is 2.92. The molecule has 0 saturated carbocycles. The van der Waals surface area contributed by atoms with E-state index in [4.69, 9.17) is 21.1 Å². The second-order valence-corrected chi connectivity index (χ2v) is 6.81. The minimum Gasteiger partial charge on any atom is -0.478 e. The standard InChI is InChI=1S/C20H18ClFN2O5/c1-24(10-12-13(21)5-4-6-14(12)22)18(25)11-28-19(26)9-17-20(27)23-15-7-2-3-8-16(15)29-17/h2-8,17H,9-11H2,1H3,(H,23,27). The summed E-state index contributed by atoms with van der Waals surface area (Å²) in [5.74, 6) is -1.87. The van der Waals surface area contributed by atoms with Gasteiger partial charge < -0.3 is 19.7 Å². The molecule has 1 atom stereocenters. The number of ether oxygens (including phenoxy) is 2. The third kappa shape index (κ3) is 5.03. The summed E-state index contributed by atoms with van der Waals surface area (Å²) < 4.78 is 24.3. The van der Waals surface area contributed by atoms with Gasteiger partial charge in [-0.25, -0.2) is 4.39 Å². The summed E-state index contributed by atoms with van der Waals surface area (Å²) in [4.78, 5) is 37.4. The number of amides is 2. The number of esters is 1. The van der Waals surface area contributed by atoms with Crippen molar-refractivity contribution in [1.29, 1.82) is 0 Å². The Morgan fingerprint density at radius 2 is 2.00 bits per heavy atom. The molecule has 7 nitrogen and oxygen atoms in total. The van der Waals surface area contributed by atoms with Crippen molar-refractivity contribution in [1.82, 2.24) is 4.90 Å². The van der Waals surface area contributed by atoms with Crippen molar-refractivity contribution in [3.63, 3.8) is 0 Å². The quantitative estimate of drug-likeness (QED) is 0.726. The molecule has 0 radical (unpaired) electrons. The molecule has 0 spiro atoms. The Balaban J connectivity index is 1.50. The zero-order valence-corrected chi connectivity index (χ0v) is 16.2. The van der Waals surface area contributed by atoms with E-state index < -0.39 is 36.3 Å². The van der Waals surface area contributed by atoms with Gasteiger partial charge >= 0.3 is 5.97 Å². The molecule has 0 bridgehead atoms. The van der Waals surface area contributed by atoms with Gasteiger partial charge in [0.1, 0.15) is 11.6 Å². The lowest BCUT2D eigenvalue weighted by Crippen LogP contribution is -2.39. The Bertz CT molecular complexity index is 932. The predicted molar refractivity (Wildman–Crippen MR) is 103 cm³/mol. The summed E-state index contributed by atoms with van der Waals surface area (Å²) in [6.45, 7) is -0.626. The normalized spacial score (nSPS) is 15.0. The van der Waals surface area contributed by atoms with Crippen LogP contribution >= 0.6 is 11.6 Å². The Morgan fingerprint density at radius 1 is 1.24 bits per heavy atom. The molecule has 3 rings (SSSR count).